The summed E-state index contributed by atoms with van der Waals surface area (Å²) in [6.07, 6.45) is 1.57. The van der Waals surface area contributed by atoms with Gasteiger partial charge in [0.1, 0.15) is 0 Å². The highest BCUT2D eigenvalue weighted by molar-refractivity contribution is 6.31. The van der Waals surface area contributed by atoms with Crippen LogP contribution in [0.4, 0.5) is 16.0 Å². The van der Waals surface area contributed by atoms with Gasteiger partial charge in [0.2, 0.25) is 5.89 Å². The van der Waals surface area contributed by atoms with Gasteiger partial charge in [-0.1, -0.05) is 22.8 Å². The fourth-order valence-electron chi connectivity index (χ4n) is 4.76. The zero-order valence-corrected chi connectivity index (χ0v) is 22.0. The van der Waals surface area contributed by atoms with Crippen molar-refractivity contribution in [1.82, 2.24) is 30.2 Å². The van der Waals surface area contributed by atoms with E-state index >= 15 is 0 Å². The number of carbonyl (C=O) groups excluding carboxylic acids is 1. The van der Waals surface area contributed by atoms with E-state index in [0.717, 1.165) is 11.4 Å². The molecule has 4 aromatic rings. The normalized spacial score (nSPS) is 14.9. The quantitative estimate of drug-likeness (QED) is 0.344. The minimum atomic E-state index is -0.709. The average Bonchev–Trinajstić information content (AvgIpc) is 3.54. The number of pyridine rings is 1. The zero-order valence-electron chi connectivity index (χ0n) is 21.2. The predicted octanol–water partition coefficient (Wildman–Crippen LogP) is 4.77. The van der Waals surface area contributed by atoms with Crippen LogP contribution in [0.15, 0.2) is 40.9 Å². The fraction of sp³-hybridized carbons (Fsp3) is 0.346. The molecule has 0 bridgehead atoms. The number of hydrogen-bond acceptors (Lipinski definition) is 8. The van der Waals surface area contributed by atoms with Gasteiger partial charge >= 0.3 is 0 Å². The summed E-state index contributed by atoms with van der Waals surface area (Å²) in [4.78, 5) is 24.1. The fourth-order valence-corrected chi connectivity index (χ4v) is 4.94. The summed E-state index contributed by atoms with van der Waals surface area (Å²) in [5.41, 5.74) is 1.11. The van der Waals surface area contributed by atoms with Crippen molar-refractivity contribution in [3.63, 3.8) is 0 Å². The number of nitrogens with one attached hydrogen (secondary N) is 2. The van der Waals surface area contributed by atoms with Crippen molar-refractivity contribution in [1.29, 1.82) is 0 Å². The number of ether oxygens (including phenoxy) is 1. The van der Waals surface area contributed by atoms with Crippen LogP contribution in [0, 0.1) is 19.7 Å². The van der Waals surface area contributed by atoms with E-state index in [1.807, 2.05) is 25.1 Å². The molecule has 12 heteroatoms. The van der Waals surface area contributed by atoms with Gasteiger partial charge in [-0.05, 0) is 44.0 Å². The van der Waals surface area contributed by atoms with E-state index in [1.165, 1.54) is 12.1 Å². The predicted molar refractivity (Wildman–Crippen MR) is 138 cm³/mol. The third-order valence-electron chi connectivity index (χ3n) is 6.80. The van der Waals surface area contributed by atoms with E-state index in [9.17, 15) is 9.18 Å². The molecule has 0 unspecified atom stereocenters. The van der Waals surface area contributed by atoms with E-state index in [1.54, 1.807) is 25.0 Å². The maximum absolute atomic E-state index is 14.5. The van der Waals surface area contributed by atoms with Gasteiger partial charge in [0.25, 0.3) is 5.91 Å². The molecule has 4 heterocycles. The lowest BCUT2D eigenvalue weighted by molar-refractivity contribution is 0.0652. The van der Waals surface area contributed by atoms with Crippen molar-refractivity contribution in [2.75, 3.05) is 25.5 Å². The second-order valence-electron chi connectivity index (χ2n) is 9.40. The van der Waals surface area contributed by atoms with Crippen LogP contribution in [0.25, 0.3) is 0 Å². The maximum Gasteiger partial charge on any atom is 0.256 e. The second kappa shape index (κ2) is 10.4. The number of H-pyrrole nitrogens is 1. The van der Waals surface area contributed by atoms with Crippen LogP contribution in [-0.4, -0.2) is 56.3 Å². The molecule has 1 aliphatic heterocycles. The largest absolute Gasteiger partial charge is 0.493 e. The van der Waals surface area contributed by atoms with Gasteiger partial charge in [0.05, 0.1) is 17.7 Å². The monoisotopic (exact) mass is 539 g/mol. The zero-order chi connectivity index (χ0) is 26.9. The van der Waals surface area contributed by atoms with Gasteiger partial charge in [0.15, 0.2) is 29.0 Å². The highest BCUT2D eigenvalue weighted by Gasteiger charge is 2.42. The summed E-state index contributed by atoms with van der Waals surface area (Å²) in [7, 11) is 1.58. The lowest BCUT2D eigenvalue weighted by Crippen LogP contribution is -2.47. The number of methoxy groups -OCH3 is 1. The Morgan fingerprint density at radius 1 is 1.24 bits per heavy atom. The average molecular weight is 540 g/mol. The molecular weight excluding hydrogens is 513 g/mol. The Balaban J connectivity index is 1.41. The number of carbonyl (C=O) groups is 1. The first-order valence-electron chi connectivity index (χ1n) is 12.1. The molecular formula is C26H27ClFN7O3. The third-order valence-corrected chi connectivity index (χ3v) is 7.09. The SMILES string of the molecule is COc1ccc(CC2(c3noc(C)n3)CCN(C(=O)c3cccc(Cl)c3F)CC2)nc1Nc1cc(C)[nH]n1. The number of anilines is 2. The minimum Gasteiger partial charge on any atom is -0.493 e. The number of aromatic amines is 1. The van der Waals surface area contributed by atoms with Crippen molar-refractivity contribution in [2.45, 2.75) is 38.5 Å². The highest BCUT2D eigenvalue weighted by Crippen LogP contribution is 2.38. The Labute approximate surface area is 223 Å². The molecule has 1 aliphatic rings. The molecule has 1 amide bonds. The van der Waals surface area contributed by atoms with Crippen LogP contribution in [0.5, 0.6) is 5.75 Å². The molecule has 0 saturated carbocycles. The third kappa shape index (κ3) is 5.06. The number of aryl methyl sites for hydroxylation is 2. The molecule has 38 heavy (non-hydrogen) atoms. The summed E-state index contributed by atoms with van der Waals surface area (Å²) in [5.74, 6) is 1.63. The number of likely N-dealkylation sites (tertiary alicyclic amines) is 1. The highest BCUT2D eigenvalue weighted by atomic mass is 35.5. The molecule has 1 saturated heterocycles. The topological polar surface area (TPSA) is 122 Å². The molecule has 0 atom stereocenters. The molecule has 10 nitrogen and oxygen atoms in total. The van der Waals surface area contributed by atoms with E-state index in [2.05, 4.69) is 25.7 Å². The smallest absolute Gasteiger partial charge is 0.256 e. The Bertz CT molecular complexity index is 1460. The summed E-state index contributed by atoms with van der Waals surface area (Å²) in [6.45, 7) is 4.41. The first kappa shape index (κ1) is 25.7. The Morgan fingerprint density at radius 2 is 2.03 bits per heavy atom. The molecule has 5 rings (SSSR count). The van der Waals surface area contributed by atoms with Crippen LogP contribution < -0.4 is 10.1 Å². The van der Waals surface area contributed by atoms with Crippen LogP contribution >= 0.6 is 11.6 Å². The van der Waals surface area contributed by atoms with E-state index in [-0.39, 0.29) is 10.6 Å². The van der Waals surface area contributed by atoms with Crippen molar-refractivity contribution in [3.8, 4) is 5.75 Å². The van der Waals surface area contributed by atoms with Crippen molar-refractivity contribution >= 4 is 29.1 Å². The first-order chi connectivity index (χ1) is 18.3. The lowest BCUT2D eigenvalue weighted by Gasteiger charge is -2.40. The maximum atomic E-state index is 14.5. The Kier molecular flexibility index (Phi) is 7.02. The standard InChI is InChI=1S/C26H27ClFN7O3/c1-15-13-21(33-32-15)31-23-20(37-3)8-7-17(30-23)14-26(25-29-16(2)38-34-25)9-11-35(12-10-26)24(36)18-5-4-6-19(27)22(18)28/h4-8,13H,9-12,14H2,1-3H3,(H2,30,31,32,33). The summed E-state index contributed by atoms with van der Waals surface area (Å²) < 4.78 is 25.3. The number of nitrogens with zero attached hydrogens (tertiary/aromatic N) is 5. The summed E-state index contributed by atoms with van der Waals surface area (Å²) >= 11 is 5.90. The van der Waals surface area contributed by atoms with Gasteiger partial charge in [-0.25, -0.2) is 9.37 Å². The van der Waals surface area contributed by atoms with Gasteiger partial charge in [0, 0.05) is 49.3 Å². The molecule has 3 aromatic heterocycles. The molecule has 0 aliphatic carbocycles. The van der Waals surface area contributed by atoms with Crippen LogP contribution in [0.3, 0.4) is 0 Å². The van der Waals surface area contributed by atoms with Gasteiger partial charge in [-0.3, -0.25) is 9.89 Å². The molecule has 2 N–H and O–H groups in total. The number of aromatic nitrogens is 5. The van der Waals surface area contributed by atoms with Crippen LogP contribution in [0.2, 0.25) is 5.02 Å². The van der Waals surface area contributed by atoms with Gasteiger partial charge in [-0.2, -0.15) is 10.1 Å². The number of benzene rings is 1. The Morgan fingerprint density at radius 3 is 2.68 bits per heavy atom. The van der Waals surface area contributed by atoms with Gasteiger partial charge in [-0.15, -0.1) is 0 Å². The molecule has 198 valence electrons. The molecule has 0 spiro atoms. The van der Waals surface area contributed by atoms with Gasteiger partial charge < -0.3 is 19.5 Å². The summed E-state index contributed by atoms with van der Waals surface area (Å²) in [5, 5.41) is 14.5. The molecule has 1 aromatic carbocycles. The number of rotatable bonds is 7. The van der Waals surface area contributed by atoms with E-state index in [4.69, 9.17) is 25.8 Å². The van der Waals surface area contributed by atoms with E-state index < -0.39 is 17.1 Å². The number of amides is 1. The van der Waals surface area contributed by atoms with E-state index in [0.29, 0.717) is 61.5 Å². The number of hydrogen-bond donors (Lipinski definition) is 2. The number of piperidine rings is 1. The van der Waals surface area contributed by atoms with Crippen molar-refractivity contribution in [2.24, 2.45) is 0 Å². The lowest BCUT2D eigenvalue weighted by atomic mass is 9.74. The summed E-state index contributed by atoms with van der Waals surface area (Å²) in [6, 6.07) is 10.1. The van der Waals surface area contributed by atoms with Crippen LogP contribution in [-0.2, 0) is 11.8 Å². The number of halogens is 2. The molecule has 0 radical (unpaired) electrons. The molecule has 1 fully saturated rings. The second-order valence-corrected chi connectivity index (χ2v) is 9.81. The minimum absolute atomic E-state index is 0.0402. The first-order valence-corrected chi connectivity index (χ1v) is 12.5. The Hall–Kier alpha value is -3.99. The van der Waals surface area contributed by atoms with Crippen molar-refractivity contribution < 1.29 is 18.4 Å². The van der Waals surface area contributed by atoms with Crippen molar-refractivity contribution in [3.05, 3.63) is 75.9 Å². The van der Waals surface area contributed by atoms with Crippen LogP contribution in [0.1, 0.15) is 46.3 Å².